The monoisotopic (exact) mass is 216 g/mol. The van der Waals surface area contributed by atoms with Gasteiger partial charge in [0.15, 0.2) is 5.82 Å². The lowest BCUT2D eigenvalue weighted by atomic mass is 10.3. The molecule has 0 saturated heterocycles. The van der Waals surface area contributed by atoms with Crippen LogP contribution in [0.25, 0.3) is 0 Å². The first-order valence-corrected chi connectivity index (χ1v) is 3.95. The molecule has 0 spiro atoms. The molecule has 6 heteroatoms. The summed E-state index contributed by atoms with van der Waals surface area (Å²) in [4.78, 5) is 10.8. The second kappa shape index (κ2) is 4.57. The number of hydrogen-bond acceptors (Lipinski definition) is 3. The van der Waals surface area contributed by atoms with Gasteiger partial charge >= 0.3 is 0 Å². The zero-order chi connectivity index (χ0) is 10.6. The number of rotatable bonds is 2. The molecular weight excluding hydrogens is 211 g/mol. The number of hydrogen-bond donors (Lipinski definition) is 2. The van der Waals surface area contributed by atoms with Crippen molar-refractivity contribution >= 4 is 29.4 Å². The van der Waals surface area contributed by atoms with Crippen LogP contribution in [0.1, 0.15) is 0 Å². The minimum Gasteiger partial charge on any atom is -0.411 e. The summed E-state index contributed by atoms with van der Waals surface area (Å²) in [6.45, 7) is 0. The predicted octanol–water partition coefficient (Wildman–Crippen LogP) is 1.88. The van der Waals surface area contributed by atoms with E-state index < -0.39 is 11.7 Å². The third kappa shape index (κ3) is 2.43. The van der Waals surface area contributed by atoms with Gasteiger partial charge in [0.1, 0.15) is 6.21 Å². The Hall–Kier alpha value is -1.62. The highest BCUT2D eigenvalue weighted by Crippen LogP contribution is 2.21. The maximum Gasteiger partial charge on any atom is 0.270 e. The Labute approximate surface area is 84.0 Å². The molecule has 0 radical (unpaired) electrons. The van der Waals surface area contributed by atoms with Crippen molar-refractivity contribution in [2.45, 2.75) is 0 Å². The lowest BCUT2D eigenvalue weighted by Crippen LogP contribution is -2.13. The third-order valence-electron chi connectivity index (χ3n) is 1.38. The van der Waals surface area contributed by atoms with Crippen LogP contribution in [-0.4, -0.2) is 17.3 Å². The van der Waals surface area contributed by atoms with E-state index in [1.807, 2.05) is 0 Å². The van der Waals surface area contributed by atoms with Crippen molar-refractivity contribution in [2.24, 2.45) is 5.16 Å². The first kappa shape index (κ1) is 10.5. The molecule has 0 bridgehead atoms. The quantitative estimate of drug-likeness (QED) is 0.450. The standard InChI is InChI=1S/C8H6ClFN2O2/c9-5-2-1-3-6(8(5)10)12-7(13)4-11-14/h1-4,14H,(H,12,13)/b11-4-. The fourth-order valence-corrected chi connectivity index (χ4v) is 0.992. The van der Waals surface area contributed by atoms with E-state index >= 15 is 0 Å². The molecule has 0 heterocycles. The topological polar surface area (TPSA) is 61.7 Å². The molecule has 0 aliphatic carbocycles. The van der Waals surface area contributed by atoms with Gasteiger partial charge in [-0.15, -0.1) is 0 Å². The summed E-state index contributed by atoms with van der Waals surface area (Å²) in [5.41, 5.74) is -0.0672. The van der Waals surface area contributed by atoms with Crippen molar-refractivity contribution < 1.29 is 14.4 Å². The van der Waals surface area contributed by atoms with Crippen molar-refractivity contribution in [1.82, 2.24) is 0 Å². The van der Waals surface area contributed by atoms with Crippen LogP contribution in [0.5, 0.6) is 0 Å². The largest absolute Gasteiger partial charge is 0.411 e. The molecule has 0 unspecified atom stereocenters. The van der Waals surface area contributed by atoms with E-state index in [9.17, 15) is 9.18 Å². The number of nitrogens with zero attached hydrogens (tertiary/aromatic N) is 1. The molecule has 1 aromatic rings. The Balaban J connectivity index is 2.87. The Morgan fingerprint density at radius 3 is 3.00 bits per heavy atom. The minimum absolute atomic E-state index is 0.0672. The third-order valence-corrected chi connectivity index (χ3v) is 1.68. The number of carbonyl (C=O) groups is 1. The Bertz CT molecular complexity index is 382. The minimum atomic E-state index is -0.742. The van der Waals surface area contributed by atoms with Crippen molar-refractivity contribution in [3.63, 3.8) is 0 Å². The number of amides is 1. The SMILES string of the molecule is O=C(/C=N\O)Nc1cccc(Cl)c1F. The number of oxime groups is 1. The Kier molecular flexibility index (Phi) is 3.41. The fraction of sp³-hybridized carbons (Fsp3) is 0. The molecule has 4 nitrogen and oxygen atoms in total. The number of anilines is 1. The molecule has 1 aromatic carbocycles. The highest BCUT2D eigenvalue weighted by molar-refractivity contribution is 6.33. The van der Waals surface area contributed by atoms with Crippen molar-refractivity contribution in [3.8, 4) is 0 Å². The van der Waals surface area contributed by atoms with Crippen LogP contribution in [0.3, 0.4) is 0 Å². The van der Waals surface area contributed by atoms with Gasteiger partial charge < -0.3 is 10.5 Å². The molecule has 0 fully saturated rings. The van der Waals surface area contributed by atoms with Crippen LogP contribution in [0, 0.1) is 5.82 Å². The Morgan fingerprint density at radius 1 is 1.64 bits per heavy atom. The zero-order valence-electron chi connectivity index (χ0n) is 6.87. The van der Waals surface area contributed by atoms with Gasteiger partial charge in [0, 0.05) is 0 Å². The lowest BCUT2D eigenvalue weighted by molar-refractivity contribution is -0.110. The molecule has 1 rings (SSSR count). The van der Waals surface area contributed by atoms with Gasteiger partial charge in [-0.05, 0) is 12.1 Å². The van der Waals surface area contributed by atoms with Crippen molar-refractivity contribution in [2.75, 3.05) is 5.32 Å². The van der Waals surface area contributed by atoms with Gasteiger partial charge in [-0.3, -0.25) is 4.79 Å². The van der Waals surface area contributed by atoms with Gasteiger partial charge in [0.05, 0.1) is 10.7 Å². The highest BCUT2D eigenvalue weighted by atomic mass is 35.5. The van der Waals surface area contributed by atoms with E-state index in [0.717, 1.165) is 0 Å². The molecule has 0 aliphatic rings. The summed E-state index contributed by atoms with van der Waals surface area (Å²) in [7, 11) is 0. The molecule has 1 amide bonds. The molecule has 14 heavy (non-hydrogen) atoms. The summed E-state index contributed by atoms with van der Waals surface area (Å²) in [5, 5.41) is 12.6. The van der Waals surface area contributed by atoms with E-state index in [2.05, 4.69) is 10.5 Å². The van der Waals surface area contributed by atoms with Gasteiger partial charge in [-0.25, -0.2) is 4.39 Å². The van der Waals surface area contributed by atoms with E-state index in [4.69, 9.17) is 16.8 Å². The first-order chi connectivity index (χ1) is 6.65. The number of carbonyl (C=O) groups excluding carboxylic acids is 1. The fourth-order valence-electron chi connectivity index (χ4n) is 0.818. The van der Waals surface area contributed by atoms with E-state index in [1.54, 1.807) is 0 Å². The van der Waals surface area contributed by atoms with E-state index in [0.29, 0.717) is 6.21 Å². The van der Waals surface area contributed by atoms with E-state index in [1.165, 1.54) is 18.2 Å². The smallest absolute Gasteiger partial charge is 0.270 e. The number of halogens is 2. The molecule has 74 valence electrons. The van der Waals surface area contributed by atoms with Gasteiger partial charge in [-0.2, -0.15) is 0 Å². The first-order valence-electron chi connectivity index (χ1n) is 3.57. The average molecular weight is 217 g/mol. The normalized spacial score (nSPS) is 10.4. The van der Waals surface area contributed by atoms with E-state index in [-0.39, 0.29) is 10.7 Å². The van der Waals surface area contributed by atoms with Crippen LogP contribution < -0.4 is 5.32 Å². The predicted molar refractivity (Wildman–Crippen MR) is 50.3 cm³/mol. The maximum absolute atomic E-state index is 13.1. The number of nitrogens with one attached hydrogen (secondary N) is 1. The summed E-state index contributed by atoms with van der Waals surface area (Å²) >= 11 is 5.47. The molecule has 0 aliphatic heterocycles. The summed E-state index contributed by atoms with van der Waals surface area (Å²) in [5.74, 6) is -1.47. The lowest BCUT2D eigenvalue weighted by Gasteiger charge is -2.03. The maximum atomic E-state index is 13.1. The zero-order valence-corrected chi connectivity index (χ0v) is 7.62. The van der Waals surface area contributed by atoms with Gasteiger partial charge in [-0.1, -0.05) is 22.8 Å². The van der Waals surface area contributed by atoms with Crippen LogP contribution in [0.2, 0.25) is 5.02 Å². The van der Waals surface area contributed by atoms with Crippen LogP contribution in [0.4, 0.5) is 10.1 Å². The summed E-state index contributed by atoms with van der Waals surface area (Å²) in [6, 6.07) is 4.17. The second-order valence-corrected chi connectivity index (χ2v) is 2.74. The highest BCUT2D eigenvalue weighted by Gasteiger charge is 2.07. The van der Waals surface area contributed by atoms with Gasteiger partial charge in [0.25, 0.3) is 5.91 Å². The van der Waals surface area contributed by atoms with Crippen LogP contribution in [0.15, 0.2) is 23.4 Å². The van der Waals surface area contributed by atoms with Crippen LogP contribution in [-0.2, 0) is 4.79 Å². The Morgan fingerprint density at radius 2 is 2.36 bits per heavy atom. The van der Waals surface area contributed by atoms with Crippen molar-refractivity contribution in [3.05, 3.63) is 29.0 Å². The average Bonchev–Trinajstić information content (AvgIpc) is 2.13. The summed E-state index contributed by atoms with van der Waals surface area (Å²) in [6.07, 6.45) is 0.611. The van der Waals surface area contributed by atoms with Gasteiger partial charge in [0.2, 0.25) is 0 Å². The second-order valence-electron chi connectivity index (χ2n) is 2.34. The van der Waals surface area contributed by atoms with Crippen LogP contribution >= 0.6 is 11.6 Å². The molecule has 2 N–H and O–H groups in total. The molecular formula is C8H6ClFN2O2. The number of benzene rings is 1. The van der Waals surface area contributed by atoms with Crippen molar-refractivity contribution in [1.29, 1.82) is 0 Å². The molecule has 0 atom stereocenters. The summed E-state index contributed by atoms with van der Waals surface area (Å²) < 4.78 is 13.1. The molecule has 0 saturated carbocycles. The molecule has 0 aromatic heterocycles.